The second-order valence-electron chi connectivity index (χ2n) is 3.11. The minimum absolute atomic E-state index is 0.0926. The Morgan fingerprint density at radius 3 is 2.88 bits per heavy atom. The highest BCUT2D eigenvalue weighted by Gasteiger charge is 2.10. The van der Waals surface area contributed by atoms with E-state index in [0.29, 0.717) is 18.2 Å². The summed E-state index contributed by atoms with van der Waals surface area (Å²) in [5.74, 6) is 0. The molecule has 1 heterocycles. The highest BCUT2D eigenvalue weighted by atomic mass is 35.5. The zero-order valence-electron chi connectivity index (χ0n) is 9.24. The number of nitrogens with zero attached hydrogens (tertiary/aromatic N) is 2. The van der Waals surface area contributed by atoms with Gasteiger partial charge >= 0.3 is 6.03 Å². The molecule has 6 heteroatoms. The summed E-state index contributed by atoms with van der Waals surface area (Å²) >= 11 is 6.98. The fourth-order valence-electron chi connectivity index (χ4n) is 1.20. The average molecular weight is 260 g/mol. The highest BCUT2D eigenvalue weighted by molar-refractivity contribution is 7.97. The molecule has 1 N–H and O–H groups in total. The molecule has 0 unspecified atom stereocenters. The third kappa shape index (κ3) is 3.90. The van der Waals surface area contributed by atoms with Crippen LogP contribution in [0.2, 0.25) is 5.15 Å². The Kier molecular flexibility index (Phi) is 5.42. The quantitative estimate of drug-likeness (QED) is 0.668. The summed E-state index contributed by atoms with van der Waals surface area (Å²) in [4.78, 5) is 17.3. The molecule has 2 amide bonds. The molecule has 0 aliphatic carbocycles. The van der Waals surface area contributed by atoms with E-state index in [-0.39, 0.29) is 6.03 Å². The van der Waals surface area contributed by atoms with E-state index in [2.05, 4.69) is 9.71 Å². The van der Waals surface area contributed by atoms with Crippen molar-refractivity contribution in [3.05, 3.63) is 29.0 Å². The summed E-state index contributed by atoms with van der Waals surface area (Å²) in [6.07, 6.45) is 3.49. The van der Waals surface area contributed by atoms with E-state index >= 15 is 0 Å². The van der Waals surface area contributed by atoms with Crippen LogP contribution in [-0.2, 0) is 6.54 Å². The number of hydrogen-bond donors (Lipinski definition) is 1. The largest absolute Gasteiger partial charge is 0.327 e. The van der Waals surface area contributed by atoms with Gasteiger partial charge in [0.05, 0.1) is 0 Å². The Morgan fingerprint density at radius 1 is 1.62 bits per heavy atom. The van der Waals surface area contributed by atoms with Crippen LogP contribution in [0.3, 0.4) is 0 Å². The van der Waals surface area contributed by atoms with Crippen LogP contribution < -0.4 is 4.72 Å². The van der Waals surface area contributed by atoms with Gasteiger partial charge < -0.3 is 4.90 Å². The summed E-state index contributed by atoms with van der Waals surface area (Å²) in [5, 5.41) is 0.459. The first-order valence-electron chi connectivity index (χ1n) is 4.85. The van der Waals surface area contributed by atoms with Crippen molar-refractivity contribution in [2.45, 2.75) is 13.5 Å². The van der Waals surface area contributed by atoms with Gasteiger partial charge in [-0.1, -0.05) is 29.6 Å². The lowest BCUT2D eigenvalue weighted by Crippen LogP contribution is -2.36. The lowest BCUT2D eigenvalue weighted by Gasteiger charge is -2.20. The Morgan fingerprint density at radius 2 is 2.38 bits per heavy atom. The number of carbonyl (C=O) groups excluding carboxylic acids is 1. The third-order valence-electron chi connectivity index (χ3n) is 2.02. The highest BCUT2D eigenvalue weighted by Crippen LogP contribution is 2.08. The first-order valence-corrected chi connectivity index (χ1v) is 6.46. The van der Waals surface area contributed by atoms with Gasteiger partial charge in [0.2, 0.25) is 0 Å². The Hall–Kier alpha value is -0.940. The van der Waals surface area contributed by atoms with Crippen LogP contribution in [0.4, 0.5) is 4.79 Å². The second-order valence-corrected chi connectivity index (χ2v) is 4.11. The second kappa shape index (κ2) is 6.60. The zero-order chi connectivity index (χ0) is 12.0. The van der Waals surface area contributed by atoms with Crippen molar-refractivity contribution in [2.24, 2.45) is 0 Å². The number of pyridine rings is 1. The molecular weight excluding hydrogens is 246 g/mol. The molecule has 0 aliphatic rings. The SMILES string of the molecule is CCN(Cc1ccc(Cl)nc1)C(=O)NSC. The van der Waals surface area contributed by atoms with Gasteiger partial charge in [-0.05, 0) is 18.6 Å². The molecule has 1 aromatic heterocycles. The van der Waals surface area contributed by atoms with Crippen LogP contribution in [0.25, 0.3) is 0 Å². The predicted molar refractivity (Wildman–Crippen MR) is 67.4 cm³/mol. The van der Waals surface area contributed by atoms with Crippen molar-refractivity contribution in [1.29, 1.82) is 0 Å². The summed E-state index contributed by atoms with van der Waals surface area (Å²) in [5.41, 5.74) is 0.961. The van der Waals surface area contributed by atoms with Crippen molar-refractivity contribution in [3.8, 4) is 0 Å². The summed E-state index contributed by atoms with van der Waals surface area (Å²) in [6, 6.07) is 3.49. The maximum atomic E-state index is 11.6. The summed E-state index contributed by atoms with van der Waals surface area (Å²) in [6.45, 7) is 3.12. The molecule has 16 heavy (non-hydrogen) atoms. The van der Waals surface area contributed by atoms with E-state index in [1.807, 2.05) is 19.2 Å². The van der Waals surface area contributed by atoms with E-state index in [4.69, 9.17) is 11.6 Å². The van der Waals surface area contributed by atoms with Gasteiger partial charge in [-0.15, -0.1) is 0 Å². The fraction of sp³-hybridized carbons (Fsp3) is 0.400. The Balaban J connectivity index is 2.62. The van der Waals surface area contributed by atoms with Crippen molar-refractivity contribution >= 4 is 29.6 Å². The van der Waals surface area contributed by atoms with E-state index in [1.54, 1.807) is 17.2 Å². The van der Waals surface area contributed by atoms with Gasteiger partial charge in [-0.25, -0.2) is 9.78 Å². The van der Waals surface area contributed by atoms with Gasteiger partial charge in [0.25, 0.3) is 0 Å². The van der Waals surface area contributed by atoms with Crippen molar-refractivity contribution in [2.75, 3.05) is 12.8 Å². The first-order chi connectivity index (χ1) is 7.67. The smallest absolute Gasteiger partial charge is 0.320 e. The molecule has 0 aromatic carbocycles. The van der Waals surface area contributed by atoms with Crippen LogP contribution in [0, 0.1) is 0 Å². The summed E-state index contributed by atoms with van der Waals surface area (Å²) < 4.78 is 2.69. The molecule has 0 radical (unpaired) electrons. The standard InChI is InChI=1S/C10H14ClN3OS/c1-3-14(10(15)13-16-2)7-8-4-5-9(11)12-6-8/h4-6H,3,7H2,1-2H3,(H,13,15). The van der Waals surface area contributed by atoms with Gasteiger partial charge in [-0.3, -0.25) is 4.72 Å². The molecule has 0 saturated heterocycles. The van der Waals surface area contributed by atoms with Crippen LogP contribution >= 0.6 is 23.5 Å². The van der Waals surface area contributed by atoms with Crippen molar-refractivity contribution in [3.63, 3.8) is 0 Å². The topological polar surface area (TPSA) is 45.2 Å². The molecule has 0 aliphatic heterocycles. The van der Waals surface area contributed by atoms with Crippen molar-refractivity contribution < 1.29 is 4.79 Å². The maximum absolute atomic E-state index is 11.6. The van der Waals surface area contributed by atoms with Gasteiger partial charge in [0.1, 0.15) is 5.15 Å². The molecule has 0 atom stereocenters. The van der Waals surface area contributed by atoms with Gasteiger partial charge in [-0.2, -0.15) is 0 Å². The number of urea groups is 1. The number of aromatic nitrogens is 1. The number of amides is 2. The van der Waals surface area contributed by atoms with E-state index in [0.717, 1.165) is 5.56 Å². The molecule has 0 saturated carbocycles. The van der Waals surface area contributed by atoms with Crippen LogP contribution in [0.5, 0.6) is 0 Å². The number of carbonyl (C=O) groups is 1. The molecular formula is C10H14ClN3OS. The molecule has 1 aromatic rings. The molecule has 1 rings (SSSR count). The zero-order valence-corrected chi connectivity index (χ0v) is 10.8. The monoisotopic (exact) mass is 259 g/mol. The minimum atomic E-state index is -0.0926. The van der Waals surface area contributed by atoms with Crippen LogP contribution in [0.15, 0.2) is 18.3 Å². The van der Waals surface area contributed by atoms with Gasteiger partial charge in [0.15, 0.2) is 0 Å². The van der Waals surface area contributed by atoms with E-state index in [9.17, 15) is 4.79 Å². The Labute approximate surface area is 105 Å². The molecule has 88 valence electrons. The first kappa shape index (κ1) is 13.1. The van der Waals surface area contributed by atoms with E-state index in [1.165, 1.54) is 11.9 Å². The number of nitrogens with one attached hydrogen (secondary N) is 1. The minimum Gasteiger partial charge on any atom is -0.320 e. The molecule has 0 bridgehead atoms. The fourth-order valence-corrected chi connectivity index (χ4v) is 1.61. The average Bonchev–Trinajstić information content (AvgIpc) is 2.28. The van der Waals surface area contributed by atoms with Gasteiger partial charge in [0, 0.05) is 25.5 Å². The maximum Gasteiger partial charge on any atom is 0.327 e. The normalized spacial score (nSPS) is 9.94. The molecule has 0 spiro atoms. The van der Waals surface area contributed by atoms with Crippen molar-refractivity contribution in [1.82, 2.24) is 14.6 Å². The number of rotatable bonds is 4. The predicted octanol–water partition coefficient (Wildman–Crippen LogP) is 2.54. The Bertz CT molecular complexity index is 344. The lowest BCUT2D eigenvalue weighted by molar-refractivity contribution is 0.205. The number of hydrogen-bond acceptors (Lipinski definition) is 3. The molecule has 4 nitrogen and oxygen atoms in total. The van der Waals surface area contributed by atoms with Crippen LogP contribution in [-0.4, -0.2) is 28.7 Å². The molecule has 0 fully saturated rings. The number of halogens is 1. The lowest BCUT2D eigenvalue weighted by atomic mass is 10.3. The van der Waals surface area contributed by atoms with Crippen LogP contribution in [0.1, 0.15) is 12.5 Å². The summed E-state index contributed by atoms with van der Waals surface area (Å²) in [7, 11) is 0. The third-order valence-corrected chi connectivity index (χ3v) is 2.62. The van der Waals surface area contributed by atoms with E-state index < -0.39 is 0 Å².